The summed E-state index contributed by atoms with van der Waals surface area (Å²) in [5, 5.41) is 3.87. The molecular weight excluding hydrogens is 377 g/mol. The number of hydrogen-bond acceptors (Lipinski definition) is 6. The Bertz CT molecular complexity index is 951. The van der Waals surface area contributed by atoms with Gasteiger partial charge in [-0.1, -0.05) is 5.16 Å². The van der Waals surface area contributed by atoms with Crippen LogP contribution in [0, 0.1) is 0 Å². The zero-order valence-electron chi connectivity index (χ0n) is 14.5. The highest BCUT2D eigenvalue weighted by Crippen LogP contribution is 2.31. The Hall–Kier alpha value is -3.14. The van der Waals surface area contributed by atoms with Crippen LogP contribution in [0.3, 0.4) is 0 Å². The van der Waals surface area contributed by atoms with Gasteiger partial charge in [-0.05, 0) is 30.3 Å². The summed E-state index contributed by atoms with van der Waals surface area (Å²) in [6.45, 7) is 1.28. The second-order valence-electron chi connectivity index (χ2n) is 6.32. The van der Waals surface area contributed by atoms with Gasteiger partial charge in [0.2, 0.25) is 17.6 Å². The van der Waals surface area contributed by atoms with E-state index in [1.165, 1.54) is 29.6 Å². The van der Waals surface area contributed by atoms with Crippen molar-refractivity contribution in [1.29, 1.82) is 0 Å². The van der Waals surface area contributed by atoms with Crippen molar-refractivity contribution in [1.82, 2.24) is 15.0 Å². The first-order valence-electron chi connectivity index (χ1n) is 8.45. The Morgan fingerprint density at radius 3 is 2.54 bits per heavy atom. The average molecular weight is 392 g/mol. The molecule has 1 aliphatic rings. The van der Waals surface area contributed by atoms with E-state index in [2.05, 4.69) is 10.1 Å². The van der Waals surface area contributed by atoms with Crippen LogP contribution in [0.1, 0.15) is 11.5 Å². The van der Waals surface area contributed by atoms with Crippen LogP contribution in [-0.4, -0.2) is 40.6 Å². The maximum Gasteiger partial charge on any atom is 0.416 e. The molecule has 1 saturated heterocycles. The molecule has 28 heavy (non-hydrogen) atoms. The van der Waals surface area contributed by atoms with E-state index < -0.39 is 11.7 Å². The van der Waals surface area contributed by atoms with Gasteiger partial charge in [-0.2, -0.15) is 18.2 Å². The van der Waals surface area contributed by atoms with Crippen LogP contribution in [0.4, 0.5) is 18.9 Å². The van der Waals surface area contributed by atoms with Gasteiger partial charge in [0.05, 0.1) is 30.5 Å². The van der Waals surface area contributed by atoms with Crippen molar-refractivity contribution in [3.63, 3.8) is 0 Å². The molecule has 7 nitrogen and oxygen atoms in total. The number of nitrogens with zero attached hydrogens (tertiary/aromatic N) is 4. The number of carbonyl (C=O) groups is 1. The number of rotatable bonds is 4. The number of furan rings is 1. The Balaban J connectivity index is 1.38. The Kier molecular flexibility index (Phi) is 4.63. The molecule has 4 rings (SSSR count). The van der Waals surface area contributed by atoms with Gasteiger partial charge in [0.15, 0.2) is 0 Å². The molecule has 0 N–H and O–H groups in total. The molecule has 0 atom stereocenters. The first kappa shape index (κ1) is 18.2. The fourth-order valence-electron chi connectivity index (χ4n) is 2.98. The summed E-state index contributed by atoms with van der Waals surface area (Å²) in [6, 6.07) is 6.29. The van der Waals surface area contributed by atoms with E-state index in [1.54, 1.807) is 6.07 Å². The summed E-state index contributed by atoms with van der Waals surface area (Å²) in [5.41, 5.74) is 0.392. The smallest absolute Gasteiger partial charge is 0.416 e. The summed E-state index contributed by atoms with van der Waals surface area (Å²) >= 11 is 0. The molecule has 146 valence electrons. The normalized spacial score (nSPS) is 16.0. The standard InChI is InChI=1S/C18H15F3N4O3/c19-18(20,21)13-1-3-14(4-2-13)25-7-6-24(10-16(25)26)9-15-22-17(23-28-15)12-5-8-27-11-12/h1-5,8,11H,6-7,9-10H2. The topological polar surface area (TPSA) is 75.6 Å². The molecule has 2 aromatic heterocycles. The van der Waals surface area contributed by atoms with Gasteiger partial charge in [-0.25, -0.2) is 0 Å². The zero-order chi connectivity index (χ0) is 19.7. The predicted octanol–water partition coefficient (Wildman–Crippen LogP) is 3.20. The lowest BCUT2D eigenvalue weighted by molar-refractivity contribution is -0.137. The van der Waals surface area contributed by atoms with Gasteiger partial charge in [0.1, 0.15) is 6.26 Å². The molecule has 1 fully saturated rings. The van der Waals surface area contributed by atoms with Crippen molar-refractivity contribution in [3.05, 3.63) is 54.3 Å². The van der Waals surface area contributed by atoms with Crippen molar-refractivity contribution >= 4 is 11.6 Å². The summed E-state index contributed by atoms with van der Waals surface area (Å²) in [4.78, 5) is 20.0. The number of benzene rings is 1. The zero-order valence-corrected chi connectivity index (χ0v) is 14.5. The second kappa shape index (κ2) is 7.12. The highest BCUT2D eigenvalue weighted by Gasteiger charge is 2.31. The van der Waals surface area contributed by atoms with Crippen molar-refractivity contribution < 1.29 is 26.9 Å². The minimum atomic E-state index is -4.40. The SMILES string of the molecule is O=C1CN(Cc2nc(-c3ccoc3)no2)CCN1c1ccc(C(F)(F)F)cc1. The molecule has 1 aromatic carbocycles. The third-order valence-electron chi connectivity index (χ3n) is 4.41. The minimum Gasteiger partial charge on any atom is -0.472 e. The third kappa shape index (κ3) is 3.77. The van der Waals surface area contributed by atoms with E-state index in [4.69, 9.17) is 8.94 Å². The average Bonchev–Trinajstić information content (AvgIpc) is 3.33. The molecule has 0 bridgehead atoms. The van der Waals surface area contributed by atoms with E-state index in [0.717, 1.165) is 12.1 Å². The van der Waals surface area contributed by atoms with Crippen LogP contribution in [0.15, 0.2) is 51.8 Å². The quantitative estimate of drug-likeness (QED) is 0.679. The van der Waals surface area contributed by atoms with E-state index in [9.17, 15) is 18.0 Å². The van der Waals surface area contributed by atoms with E-state index >= 15 is 0 Å². The second-order valence-corrected chi connectivity index (χ2v) is 6.32. The maximum atomic E-state index is 12.7. The Morgan fingerprint density at radius 2 is 1.89 bits per heavy atom. The van der Waals surface area contributed by atoms with Crippen molar-refractivity contribution in [2.75, 3.05) is 24.5 Å². The Labute approximate surface area is 157 Å². The van der Waals surface area contributed by atoms with Crippen molar-refractivity contribution in [2.24, 2.45) is 0 Å². The lowest BCUT2D eigenvalue weighted by atomic mass is 10.1. The summed E-state index contributed by atoms with van der Waals surface area (Å²) in [7, 11) is 0. The fourth-order valence-corrected chi connectivity index (χ4v) is 2.98. The monoisotopic (exact) mass is 392 g/mol. The molecule has 3 aromatic rings. The number of carbonyl (C=O) groups excluding carboxylic acids is 1. The van der Waals surface area contributed by atoms with E-state index in [-0.39, 0.29) is 12.5 Å². The summed E-state index contributed by atoms with van der Waals surface area (Å²) < 4.78 is 48.2. The minimum absolute atomic E-state index is 0.102. The summed E-state index contributed by atoms with van der Waals surface area (Å²) in [5.74, 6) is 0.561. The van der Waals surface area contributed by atoms with Gasteiger partial charge in [-0.3, -0.25) is 9.69 Å². The number of hydrogen-bond donors (Lipinski definition) is 0. The molecule has 3 heterocycles. The van der Waals surface area contributed by atoms with Crippen LogP contribution in [0.25, 0.3) is 11.4 Å². The van der Waals surface area contributed by atoms with Crippen LogP contribution in [-0.2, 0) is 17.5 Å². The third-order valence-corrected chi connectivity index (χ3v) is 4.41. The molecule has 1 amide bonds. The van der Waals surface area contributed by atoms with Crippen LogP contribution in [0.2, 0.25) is 0 Å². The van der Waals surface area contributed by atoms with Gasteiger partial charge < -0.3 is 13.8 Å². The van der Waals surface area contributed by atoms with Gasteiger partial charge in [-0.15, -0.1) is 0 Å². The maximum absolute atomic E-state index is 12.7. The lowest BCUT2D eigenvalue weighted by Crippen LogP contribution is -2.50. The number of alkyl halides is 3. The molecular formula is C18H15F3N4O3. The number of anilines is 1. The largest absolute Gasteiger partial charge is 0.472 e. The Morgan fingerprint density at radius 1 is 1.11 bits per heavy atom. The van der Waals surface area contributed by atoms with E-state index in [0.29, 0.717) is 42.6 Å². The van der Waals surface area contributed by atoms with Crippen LogP contribution in [0.5, 0.6) is 0 Å². The molecule has 0 aliphatic carbocycles. The van der Waals surface area contributed by atoms with Crippen molar-refractivity contribution in [2.45, 2.75) is 12.7 Å². The number of amides is 1. The summed E-state index contributed by atoms with van der Waals surface area (Å²) in [6.07, 6.45) is -1.40. The molecule has 10 heteroatoms. The number of halogens is 3. The lowest BCUT2D eigenvalue weighted by Gasteiger charge is -2.33. The van der Waals surface area contributed by atoms with E-state index in [1.807, 2.05) is 4.90 Å². The number of piperazine rings is 1. The van der Waals surface area contributed by atoms with Crippen LogP contribution < -0.4 is 4.90 Å². The van der Waals surface area contributed by atoms with Crippen molar-refractivity contribution in [3.8, 4) is 11.4 Å². The first-order chi connectivity index (χ1) is 13.4. The fraction of sp³-hybridized carbons (Fsp3) is 0.278. The predicted molar refractivity (Wildman–Crippen MR) is 91.1 cm³/mol. The molecule has 0 saturated carbocycles. The van der Waals surface area contributed by atoms with Gasteiger partial charge in [0, 0.05) is 18.8 Å². The molecule has 0 radical (unpaired) electrons. The van der Waals surface area contributed by atoms with Gasteiger partial charge >= 0.3 is 6.18 Å². The van der Waals surface area contributed by atoms with Crippen LogP contribution >= 0.6 is 0 Å². The number of aromatic nitrogens is 2. The highest BCUT2D eigenvalue weighted by atomic mass is 19.4. The molecule has 0 unspecified atom stereocenters. The molecule has 1 aliphatic heterocycles. The first-order valence-corrected chi connectivity index (χ1v) is 8.45. The molecule has 0 spiro atoms. The highest BCUT2D eigenvalue weighted by molar-refractivity contribution is 5.95. The van der Waals surface area contributed by atoms with Gasteiger partial charge in [0.25, 0.3) is 0 Å².